The summed E-state index contributed by atoms with van der Waals surface area (Å²) < 4.78 is 2.33. The first-order valence-corrected chi connectivity index (χ1v) is 7.31. The van der Waals surface area contributed by atoms with Crippen molar-refractivity contribution in [2.24, 2.45) is 0 Å². The van der Waals surface area contributed by atoms with Gasteiger partial charge < -0.3 is 5.32 Å². The van der Waals surface area contributed by atoms with Crippen molar-refractivity contribution in [3.05, 3.63) is 58.0 Å². The number of nitrogens with one attached hydrogen (secondary N) is 1. The Morgan fingerprint density at radius 2 is 2.06 bits per heavy atom. The zero-order chi connectivity index (χ0) is 12.4. The number of pyridine rings is 1. The van der Waals surface area contributed by atoms with E-state index in [9.17, 15) is 0 Å². The summed E-state index contributed by atoms with van der Waals surface area (Å²) in [5.74, 6) is 0.897. The number of rotatable bonds is 3. The van der Waals surface area contributed by atoms with Gasteiger partial charge in [0.05, 0.1) is 0 Å². The fourth-order valence-electron chi connectivity index (χ4n) is 1.84. The highest BCUT2D eigenvalue weighted by atomic mass is 79.9. The minimum atomic E-state index is 0.804. The maximum Gasteiger partial charge on any atom is 0.126 e. The zero-order valence-electron chi connectivity index (χ0n) is 9.56. The molecule has 0 unspecified atom stereocenters. The summed E-state index contributed by atoms with van der Waals surface area (Å²) in [5, 5.41) is 6.87. The van der Waals surface area contributed by atoms with Crippen LogP contribution in [0.5, 0.6) is 0 Å². The third-order valence-corrected chi connectivity index (χ3v) is 4.23. The Labute approximate surface area is 118 Å². The van der Waals surface area contributed by atoms with Crippen LogP contribution < -0.4 is 5.32 Å². The summed E-state index contributed by atoms with van der Waals surface area (Å²) in [7, 11) is 0. The minimum absolute atomic E-state index is 0.804. The van der Waals surface area contributed by atoms with Crippen LogP contribution in [0.2, 0.25) is 0 Å². The van der Waals surface area contributed by atoms with Gasteiger partial charge in [-0.1, -0.05) is 18.2 Å². The Bertz CT molecular complexity index is 661. The monoisotopic (exact) mass is 318 g/mol. The van der Waals surface area contributed by atoms with E-state index in [-0.39, 0.29) is 0 Å². The molecule has 0 aliphatic carbocycles. The van der Waals surface area contributed by atoms with Gasteiger partial charge in [0.1, 0.15) is 5.82 Å². The Hall–Kier alpha value is -1.39. The van der Waals surface area contributed by atoms with Crippen LogP contribution in [-0.4, -0.2) is 4.98 Å². The summed E-state index contributed by atoms with van der Waals surface area (Å²) >= 11 is 5.16. The molecule has 0 saturated heterocycles. The average molecular weight is 319 g/mol. The number of aromatic nitrogens is 1. The third kappa shape index (κ3) is 2.40. The van der Waals surface area contributed by atoms with E-state index in [2.05, 4.69) is 55.9 Å². The summed E-state index contributed by atoms with van der Waals surface area (Å²) in [6.45, 7) is 0.804. The molecule has 0 saturated carbocycles. The van der Waals surface area contributed by atoms with E-state index in [1.807, 2.05) is 12.1 Å². The second kappa shape index (κ2) is 5.08. The number of fused-ring (bicyclic) bond motifs is 1. The van der Waals surface area contributed by atoms with Gasteiger partial charge in [-0.3, -0.25) is 0 Å². The molecule has 1 N–H and O–H groups in total. The molecule has 3 aromatic rings. The van der Waals surface area contributed by atoms with Crippen molar-refractivity contribution in [2.75, 3.05) is 5.32 Å². The van der Waals surface area contributed by atoms with Gasteiger partial charge in [0.15, 0.2) is 0 Å². The minimum Gasteiger partial charge on any atom is -0.366 e. The van der Waals surface area contributed by atoms with Gasteiger partial charge in [-0.15, -0.1) is 11.3 Å². The van der Waals surface area contributed by atoms with Crippen LogP contribution in [0.3, 0.4) is 0 Å². The smallest absolute Gasteiger partial charge is 0.126 e. The molecule has 90 valence electrons. The van der Waals surface area contributed by atoms with Crippen molar-refractivity contribution in [1.82, 2.24) is 4.98 Å². The van der Waals surface area contributed by atoms with Gasteiger partial charge in [0, 0.05) is 21.9 Å². The summed E-state index contributed by atoms with van der Waals surface area (Å²) in [4.78, 5) is 4.30. The van der Waals surface area contributed by atoms with Gasteiger partial charge >= 0.3 is 0 Å². The number of benzene rings is 1. The lowest BCUT2D eigenvalue weighted by Crippen LogP contribution is -2.00. The van der Waals surface area contributed by atoms with Crippen LogP contribution in [0, 0.1) is 0 Å². The molecule has 0 spiro atoms. The fraction of sp³-hybridized carbons (Fsp3) is 0.0714. The number of anilines is 1. The summed E-state index contributed by atoms with van der Waals surface area (Å²) in [6, 6.07) is 12.4. The predicted molar refractivity (Wildman–Crippen MR) is 81.1 cm³/mol. The lowest BCUT2D eigenvalue weighted by molar-refractivity contribution is 1.13. The zero-order valence-corrected chi connectivity index (χ0v) is 12.0. The van der Waals surface area contributed by atoms with Crippen molar-refractivity contribution in [3.8, 4) is 0 Å². The number of hydrogen-bond acceptors (Lipinski definition) is 3. The van der Waals surface area contributed by atoms with E-state index >= 15 is 0 Å². The van der Waals surface area contributed by atoms with Crippen LogP contribution >= 0.6 is 27.3 Å². The van der Waals surface area contributed by atoms with Crippen molar-refractivity contribution in [1.29, 1.82) is 0 Å². The predicted octanol–water partition coefficient (Wildman–Crippen LogP) is 4.67. The molecule has 2 heterocycles. The molecule has 0 fully saturated rings. The van der Waals surface area contributed by atoms with E-state index in [0.717, 1.165) is 16.8 Å². The lowest BCUT2D eigenvalue weighted by atomic mass is 10.2. The van der Waals surface area contributed by atoms with Gasteiger partial charge in [0.2, 0.25) is 0 Å². The van der Waals surface area contributed by atoms with E-state index in [0.29, 0.717) is 0 Å². The Morgan fingerprint density at radius 3 is 2.89 bits per heavy atom. The van der Waals surface area contributed by atoms with Crippen molar-refractivity contribution in [3.63, 3.8) is 0 Å². The molecular weight excluding hydrogens is 308 g/mol. The largest absolute Gasteiger partial charge is 0.366 e. The van der Waals surface area contributed by atoms with E-state index in [1.54, 1.807) is 17.5 Å². The van der Waals surface area contributed by atoms with Crippen LogP contribution in [0.1, 0.15) is 5.56 Å². The lowest BCUT2D eigenvalue weighted by Gasteiger charge is -2.04. The first kappa shape index (κ1) is 11.7. The van der Waals surface area contributed by atoms with Crippen LogP contribution in [-0.2, 0) is 6.54 Å². The van der Waals surface area contributed by atoms with Crippen LogP contribution in [0.25, 0.3) is 10.1 Å². The SMILES string of the molecule is Brc1ccc(NCc2csc3ccccc23)nc1. The second-order valence-electron chi connectivity index (χ2n) is 3.97. The topological polar surface area (TPSA) is 24.9 Å². The molecule has 3 rings (SSSR count). The van der Waals surface area contributed by atoms with E-state index < -0.39 is 0 Å². The normalized spacial score (nSPS) is 10.7. The molecular formula is C14H11BrN2S. The standard InChI is InChI=1S/C14H11BrN2S/c15-11-5-6-14(17-8-11)16-7-10-9-18-13-4-2-1-3-12(10)13/h1-6,8-9H,7H2,(H,16,17). The van der Waals surface area contributed by atoms with Crippen molar-refractivity contribution < 1.29 is 0 Å². The highest BCUT2D eigenvalue weighted by Gasteiger charge is 2.03. The Balaban J connectivity index is 1.79. The molecule has 2 nitrogen and oxygen atoms in total. The summed E-state index contributed by atoms with van der Waals surface area (Å²) in [5.41, 5.74) is 1.32. The molecule has 0 aliphatic rings. The number of halogens is 1. The number of thiophene rings is 1. The molecule has 1 aromatic carbocycles. The van der Waals surface area contributed by atoms with E-state index in [4.69, 9.17) is 0 Å². The molecule has 18 heavy (non-hydrogen) atoms. The van der Waals surface area contributed by atoms with Crippen LogP contribution in [0.15, 0.2) is 52.4 Å². The van der Waals surface area contributed by atoms with Gasteiger partial charge in [-0.2, -0.15) is 0 Å². The van der Waals surface area contributed by atoms with Gasteiger partial charge in [0.25, 0.3) is 0 Å². The average Bonchev–Trinajstić information content (AvgIpc) is 2.82. The molecule has 0 amide bonds. The number of hydrogen-bond donors (Lipinski definition) is 1. The number of nitrogens with zero attached hydrogens (tertiary/aromatic N) is 1. The van der Waals surface area contributed by atoms with Gasteiger partial charge in [-0.25, -0.2) is 4.98 Å². The maximum absolute atomic E-state index is 4.30. The second-order valence-corrected chi connectivity index (χ2v) is 5.80. The van der Waals surface area contributed by atoms with Gasteiger partial charge in [-0.05, 0) is 50.5 Å². The molecule has 4 heteroatoms. The highest BCUT2D eigenvalue weighted by Crippen LogP contribution is 2.26. The van der Waals surface area contributed by atoms with Crippen molar-refractivity contribution in [2.45, 2.75) is 6.54 Å². The maximum atomic E-state index is 4.30. The Kier molecular flexibility index (Phi) is 3.30. The molecule has 2 aromatic heterocycles. The highest BCUT2D eigenvalue weighted by molar-refractivity contribution is 9.10. The quantitative estimate of drug-likeness (QED) is 0.759. The van der Waals surface area contributed by atoms with Crippen molar-refractivity contribution >= 4 is 43.2 Å². The molecule has 0 bridgehead atoms. The third-order valence-electron chi connectivity index (χ3n) is 2.75. The van der Waals surface area contributed by atoms with Crippen LogP contribution in [0.4, 0.5) is 5.82 Å². The first-order chi connectivity index (χ1) is 8.83. The fourth-order valence-corrected chi connectivity index (χ4v) is 3.03. The van der Waals surface area contributed by atoms with E-state index in [1.165, 1.54) is 15.6 Å². The summed E-state index contributed by atoms with van der Waals surface area (Å²) in [6.07, 6.45) is 1.80. The first-order valence-electron chi connectivity index (χ1n) is 5.63. The molecule has 0 atom stereocenters. The molecule has 0 aliphatic heterocycles. The Morgan fingerprint density at radius 1 is 1.17 bits per heavy atom. The molecule has 0 radical (unpaired) electrons.